The molecule has 2 aromatic rings. The number of carbonyl (C=O) groups is 1. The minimum Gasteiger partial charge on any atom is -0.334 e. The van der Waals surface area contributed by atoms with E-state index in [1.807, 2.05) is 7.05 Å². The first-order valence-electron chi connectivity index (χ1n) is 7.73. The molecular formula is C17H22N2OS2. The molecule has 0 bridgehead atoms. The third kappa shape index (κ3) is 3.26. The van der Waals surface area contributed by atoms with Crippen molar-refractivity contribution in [2.75, 3.05) is 20.1 Å². The molecule has 118 valence electrons. The van der Waals surface area contributed by atoms with Gasteiger partial charge in [0.1, 0.15) is 0 Å². The Hall–Kier alpha value is -1.17. The summed E-state index contributed by atoms with van der Waals surface area (Å²) in [5.74, 6) is 0.252. The van der Waals surface area contributed by atoms with Crippen molar-refractivity contribution in [3.05, 3.63) is 44.8 Å². The molecule has 2 atom stereocenters. The van der Waals surface area contributed by atoms with E-state index in [1.54, 1.807) is 22.7 Å². The summed E-state index contributed by atoms with van der Waals surface area (Å²) in [6, 6.07) is 9.01. The van der Waals surface area contributed by atoms with Gasteiger partial charge >= 0.3 is 0 Å². The molecule has 0 saturated carbocycles. The lowest BCUT2D eigenvalue weighted by Crippen LogP contribution is -2.39. The highest BCUT2D eigenvalue weighted by Gasteiger charge is 2.31. The van der Waals surface area contributed by atoms with Gasteiger partial charge in [-0.05, 0) is 49.7 Å². The maximum Gasteiger partial charge on any atom is 0.237 e. The fourth-order valence-corrected chi connectivity index (χ4v) is 4.75. The standard InChI is InChI=1S/C17H22N2OS2/c1-13(15-7-4-10-21-15)18(2)12-17(20)19-9-3-6-14(19)16-8-5-11-22-16/h4-5,7-8,10-11,13-14H,3,6,9,12H2,1-2H3. The van der Waals surface area contributed by atoms with E-state index in [0.29, 0.717) is 6.54 Å². The molecule has 0 aromatic carbocycles. The zero-order valence-corrected chi connectivity index (χ0v) is 14.7. The van der Waals surface area contributed by atoms with Gasteiger partial charge in [0.25, 0.3) is 0 Å². The van der Waals surface area contributed by atoms with Crippen LogP contribution in [0.4, 0.5) is 0 Å². The second kappa shape index (κ2) is 6.94. The smallest absolute Gasteiger partial charge is 0.237 e. The van der Waals surface area contributed by atoms with Crippen molar-refractivity contribution in [3.8, 4) is 0 Å². The summed E-state index contributed by atoms with van der Waals surface area (Å²) in [6.45, 7) is 3.55. The van der Waals surface area contributed by atoms with E-state index in [0.717, 1.165) is 19.4 Å². The summed E-state index contributed by atoms with van der Waals surface area (Å²) in [7, 11) is 2.04. The first-order valence-corrected chi connectivity index (χ1v) is 9.49. The van der Waals surface area contributed by atoms with E-state index >= 15 is 0 Å². The number of hydrogen-bond acceptors (Lipinski definition) is 4. The molecular weight excluding hydrogens is 312 g/mol. The van der Waals surface area contributed by atoms with Gasteiger partial charge in [-0.1, -0.05) is 12.1 Å². The van der Waals surface area contributed by atoms with Gasteiger partial charge in [0.15, 0.2) is 0 Å². The van der Waals surface area contributed by atoms with Gasteiger partial charge in [-0.15, -0.1) is 22.7 Å². The third-order valence-electron chi connectivity index (χ3n) is 4.45. The normalized spacial score (nSPS) is 19.8. The molecule has 3 rings (SSSR count). The van der Waals surface area contributed by atoms with Crippen LogP contribution in [-0.2, 0) is 4.79 Å². The maximum atomic E-state index is 12.7. The second-order valence-corrected chi connectivity index (χ2v) is 7.83. The molecule has 1 fully saturated rings. The Labute approximate surface area is 140 Å². The van der Waals surface area contributed by atoms with Crippen LogP contribution in [0.15, 0.2) is 35.0 Å². The fourth-order valence-electron chi connectivity index (χ4n) is 3.03. The number of hydrogen-bond donors (Lipinski definition) is 0. The fraction of sp³-hybridized carbons (Fsp3) is 0.471. The van der Waals surface area contributed by atoms with E-state index in [2.05, 4.69) is 51.7 Å². The molecule has 1 saturated heterocycles. The van der Waals surface area contributed by atoms with Gasteiger partial charge in [0.05, 0.1) is 12.6 Å². The number of likely N-dealkylation sites (tertiary alicyclic amines) is 1. The average molecular weight is 335 g/mol. The highest BCUT2D eigenvalue weighted by Crippen LogP contribution is 2.34. The van der Waals surface area contributed by atoms with Crippen LogP contribution in [0, 0.1) is 0 Å². The molecule has 0 N–H and O–H groups in total. The highest BCUT2D eigenvalue weighted by molar-refractivity contribution is 7.10. The van der Waals surface area contributed by atoms with Gasteiger partial charge in [-0.3, -0.25) is 9.69 Å². The van der Waals surface area contributed by atoms with Crippen molar-refractivity contribution in [1.29, 1.82) is 0 Å². The number of rotatable bonds is 5. The lowest BCUT2D eigenvalue weighted by molar-refractivity contribution is -0.133. The van der Waals surface area contributed by atoms with Crippen LogP contribution in [-0.4, -0.2) is 35.8 Å². The minimum atomic E-state index is 0.252. The molecule has 5 heteroatoms. The van der Waals surface area contributed by atoms with Crippen molar-refractivity contribution in [3.63, 3.8) is 0 Å². The molecule has 22 heavy (non-hydrogen) atoms. The summed E-state index contributed by atoms with van der Waals surface area (Å²) < 4.78 is 0. The lowest BCUT2D eigenvalue weighted by atomic mass is 10.2. The summed E-state index contributed by atoms with van der Waals surface area (Å²) in [5.41, 5.74) is 0. The average Bonchev–Trinajstić information content (AvgIpc) is 3.26. The van der Waals surface area contributed by atoms with Crippen molar-refractivity contribution in [1.82, 2.24) is 9.80 Å². The van der Waals surface area contributed by atoms with Crippen LogP contribution in [0.2, 0.25) is 0 Å². The van der Waals surface area contributed by atoms with Gasteiger partial charge in [0.2, 0.25) is 5.91 Å². The van der Waals surface area contributed by atoms with E-state index in [9.17, 15) is 4.79 Å². The first-order chi connectivity index (χ1) is 10.7. The van der Waals surface area contributed by atoms with Crippen LogP contribution in [0.1, 0.15) is 41.6 Å². The Bertz CT molecular complexity index is 594. The summed E-state index contributed by atoms with van der Waals surface area (Å²) in [4.78, 5) is 19.6. The SMILES string of the molecule is CC(c1cccs1)N(C)CC(=O)N1CCCC1c1cccs1. The Morgan fingerprint density at radius 2 is 2.14 bits per heavy atom. The van der Waals surface area contributed by atoms with Crippen molar-refractivity contribution >= 4 is 28.6 Å². The zero-order valence-electron chi connectivity index (χ0n) is 13.1. The molecule has 0 spiro atoms. The van der Waals surface area contributed by atoms with E-state index in [4.69, 9.17) is 0 Å². The highest BCUT2D eigenvalue weighted by atomic mass is 32.1. The molecule has 2 aromatic heterocycles. The number of nitrogens with zero attached hydrogens (tertiary/aromatic N) is 2. The first kappa shape index (κ1) is 15.7. The predicted molar refractivity (Wildman–Crippen MR) is 93.4 cm³/mol. The van der Waals surface area contributed by atoms with Gasteiger partial charge in [-0.25, -0.2) is 0 Å². The number of amides is 1. The van der Waals surface area contributed by atoms with Crippen molar-refractivity contribution in [2.45, 2.75) is 31.8 Å². The molecule has 0 radical (unpaired) electrons. The minimum absolute atomic E-state index is 0.252. The van der Waals surface area contributed by atoms with Gasteiger partial charge in [0, 0.05) is 22.3 Å². The Morgan fingerprint density at radius 1 is 1.36 bits per heavy atom. The third-order valence-corrected chi connectivity index (χ3v) is 6.46. The quantitative estimate of drug-likeness (QED) is 0.819. The van der Waals surface area contributed by atoms with Crippen molar-refractivity contribution in [2.24, 2.45) is 0 Å². The summed E-state index contributed by atoms with van der Waals surface area (Å²) in [6.07, 6.45) is 2.20. The number of thiophene rings is 2. The molecule has 1 amide bonds. The second-order valence-electron chi connectivity index (χ2n) is 5.87. The topological polar surface area (TPSA) is 23.6 Å². The van der Waals surface area contributed by atoms with E-state index in [-0.39, 0.29) is 18.0 Å². The molecule has 2 unspecified atom stereocenters. The van der Waals surface area contributed by atoms with Crippen LogP contribution >= 0.6 is 22.7 Å². The van der Waals surface area contributed by atoms with Crippen LogP contribution in [0.3, 0.4) is 0 Å². The lowest BCUT2D eigenvalue weighted by Gasteiger charge is -2.29. The van der Waals surface area contributed by atoms with E-state index in [1.165, 1.54) is 9.75 Å². The van der Waals surface area contributed by atoms with Gasteiger partial charge < -0.3 is 4.90 Å². The molecule has 3 nitrogen and oxygen atoms in total. The molecule has 0 aliphatic carbocycles. The van der Waals surface area contributed by atoms with Crippen LogP contribution in [0.25, 0.3) is 0 Å². The summed E-state index contributed by atoms with van der Waals surface area (Å²) in [5, 5.41) is 4.19. The molecule has 1 aliphatic heterocycles. The van der Waals surface area contributed by atoms with Gasteiger partial charge in [-0.2, -0.15) is 0 Å². The Morgan fingerprint density at radius 3 is 2.82 bits per heavy atom. The Kier molecular flexibility index (Phi) is 4.96. The Balaban J connectivity index is 1.63. The number of likely N-dealkylation sites (N-methyl/N-ethyl adjacent to an activating group) is 1. The zero-order chi connectivity index (χ0) is 15.5. The monoisotopic (exact) mass is 334 g/mol. The van der Waals surface area contributed by atoms with Crippen LogP contribution in [0.5, 0.6) is 0 Å². The van der Waals surface area contributed by atoms with Crippen LogP contribution < -0.4 is 0 Å². The van der Waals surface area contributed by atoms with Crippen molar-refractivity contribution < 1.29 is 4.79 Å². The van der Waals surface area contributed by atoms with E-state index < -0.39 is 0 Å². The molecule has 3 heterocycles. The number of carbonyl (C=O) groups excluding carboxylic acids is 1. The molecule has 1 aliphatic rings. The largest absolute Gasteiger partial charge is 0.334 e. The predicted octanol–water partition coefficient (Wildman–Crippen LogP) is 4.17. The summed E-state index contributed by atoms with van der Waals surface area (Å²) >= 11 is 3.51. The maximum absolute atomic E-state index is 12.7.